The van der Waals surface area contributed by atoms with Gasteiger partial charge in [0.05, 0.1) is 16.1 Å². The quantitative estimate of drug-likeness (QED) is 0.773. The predicted octanol–water partition coefficient (Wildman–Crippen LogP) is 4.24. The highest BCUT2D eigenvalue weighted by atomic mass is 35.5. The van der Waals surface area contributed by atoms with Crippen molar-refractivity contribution in [2.45, 2.75) is 23.8 Å². The van der Waals surface area contributed by atoms with E-state index in [1.54, 1.807) is 40.9 Å². The van der Waals surface area contributed by atoms with Crippen molar-refractivity contribution in [2.75, 3.05) is 19.3 Å². The lowest BCUT2D eigenvalue weighted by Gasteiger charge is -2.32. The Balaban J connectivity index is 1.59. The first-order valence-electron chi connectivity index (χ1n) is 8.68. The number of thioether (sulfide) groups is 1. The van der Waals surface area contributed by atoms with Crippen molar-refractivity contribution in [1.29, 1.82) is 0 Å². The van der Waals surface area contributed by atoms with Gasteiger partial charge in [0.25, 0.3) is 11.8 Å². The number of likely N-dealkylation sites (tertiary alicyclic amines) is 1. The van der Waals surface area contributed by atoms with Crippen molar-refractivity contribution in [3.63, 3.8) is 0 Å². The van der Waals surface area contributed by atoms with Crippen molar-refractivity contribution >= 4 is 35.2 Å². The van der Waals surface area contributed by atoms with Crippen molar-refractivity contribution in [3.05, 3.63) is 64.4 Å². The van der Waals surface area contributed by atoms with E-state index in [9.17, 15) is 14.0 Å². The molecule has 27 heavy (non-hydrogen) atoms. The van der Waals surface area contributed by atoms with E-state index in [1.165, 1.54) is 12.1 Å². The van der Waals surface area contributed by atoms with Gasteiger partial charge in [-0.3, -0.25) is 9.59 Å². The standard InChI is InChI=1S/C20H20ClFN2O2S/c1-27-14-6-7-17(21)16(12-14)19(25)23-13-8-10-24(11-9-13)20(26)15-4-2-3-5-18(15)22/h2-7,12-13H,8-11H2,1H3,(H,23,25). The minimum Gasteiger partial charge on any atom is -0.349 e. The topological polar surface area (TPSA) is 49.4 Å². The largest absolute Gasteiger partial charge is 0.349 e. The van der Waals surface area contributed by atoms with E-state index in [1.807, 2.05) is 12.3 Å². The molecule has 0 radical (unpaired) electrons. The van der Waals surface area contributed by atoms with Gasteiger partial charge < -0.3 is 10.2 Å². The molecule has 0 atom stereocenters. The SMILES string of the molecule is CSc1ccc(Cl)c(C(=O)NC2CCN(C(=O)c3ccccc3F)CC2)c1. The van der Waals surface area contributed by atoms with E-state index in [4.69, 9.17) is 11.6 Å². The van der Waals surface area contributed by atoms with Crippen LogP contribution in [0.5, 0.6) is 0 Å². The monoisotopic (exact) mass is 406 g/mol. The van der Waals surface area contributed by atoms with Gasteiger partial charge in [-0.2, -0.15) is 0 Å². The zero-order valence-corrected chi connectivity index (χ0v) is 16.4. The van der Waals surface area contributed by atoms with Gasteiger partial charge in [0.15, 0.2) is 0 Å². The van der Waals surface area contributed by atoms with Crippen LogP contribution in [-0.2, 0) is 0 Å². The molecule has 1 aliphatic heterocycles. The van der Waals surface area contributed by atoms with Crippen LogP contribution in [0.25, 0.3) is 0 Å². The fourth-order valence-electron chi connectivity index (χ4n) is 3.10. The second-order valence-corrected chi connectivity index (χ2v) is 7.65. The average Bonchev–Trinajstić information content (AvgIpc) is 2.68. The Hall–Kier alpha value is -2.05. The van der Waals surface area contributed by atoms with Crippen LogP contribution in [0.4, 0.5) is 4.39 Å². The summed E-state index contributed by atoms with van der Waals surface area (Å²) in [6.07, 6.45) is 3.17. The van der Waals surface area contributed by atoms with Crippen molar-refractivity contribution < 1.29 is 14.0 Å². The van der Waals surface area contributed by atoms with Crippen LogP contribution in [0, 0.1) is 5.82 Å². The molecule has 2 amide bonds. The Morgan fingerprint density at radius 3 is 2.52 bits per heavy atom. The minimum absolute atomic E-state index is 0.0452. The molecule has 2 aromatic rings. The molecule has 0 aliphatic carbocycles. The number of amides is 2. The number of carbonyl (C=O) groups is 2. The molecule has 2 aromatic carbocycles. The molecular formula is C20H20ClFN2O2S. The zero-order valence-electron chi connectivity index (χ0n) is 14.9. The molecule has 0 spiro atoms. The summed E-state index contributed by atoms with van der Waals surface area (Å²) in [6, 6.07) is 11.3. The number of nitrogens with one attached hydrogen (secondary N) is 1. The van der Waals surface area contributed by atoms with Crippen LogP contribution in [0.3, 0.4) is 0 Å². The smallest absolute Gasteiger partial charge is 0.256 e. The van der Waals surface area contributed by atoms with Gasteiger partial charge in [0.1, 0.15) is 5.82 Å². The van der Waals surface area contributed by atoms with E-state index >= 15 is 0 Å². The second-order valence-electron chi connectivity index (χ2n) is 6.37. The van der Waals surface area contributed by atoms with Crippen LogP contribution in [0.1, 0.15) is 33.6 Å². The first-order valence-corrected chi connectivity index (χ1v) is 10.3. The summed E-state index contributed by atoms with van der Waals surface area (Å²) in [5.74, 6) is -1.04. The Bertz CT molecular complexity index is 854. The number of piperidine rings is 1. The highest BCUT2D eigenvalue weighted by Crippen LogP contribution is 2.24. The van der Waals surface area contributed by atoms with Crippen LogP contribution in [-0.4, -0.2) is 42.1 Å². The summed E-state index contributed by atoms with van der Waals surface area (Å²) in [5, 5.41) is 3.41. The maximum absolute atomic E-state index is 13.8. The third-order valence-electron chi connectivity index (χ3n) is 4.64. The van der Waals surface area contributed by atoms with Gasteiger partial charge in [-0.25, -0.2) is 4.39 Å². The lowest BCUT2D eigenvalue weighted by molar-refractivity contribution is 0.0693. The predicted molar refractivity (Wildman–Crippen MR) is 106 cm³/mol. The van der Waals surface area contributed by atoms with Crippen LogP contribution in [0.15, 0.2) is 47.4 Å². The molecule has 0 saturated carbocycles. The molecular weight excluding hydrogens is 387 g/mol. The molecule has 3 rings (SSSR count). The second kappa shape index (κ2) is 8.76. The first-order chi connectivity index (χ1) is 13.0. The Morgan fingerprint density at radius 1 is 1.15 bits per heavy atom. The molecule has 1 N–H and O–H groups in total. The van der Waals surface area contributed by atoms with Gasteiger partial charge >= 0.3 is 0 Å². The molecule has 0 bridgehead atoms. The molecule has 1 saturated heterocycles. The molecule has 142 valence electrons. The molecule has 7 heteroatoms. The third-order valence-corrected chi connectivity index (χ3v) is 5.69. The zero-order chi connectivity index (χ0) is 19.4. The lowest BCUT2D eigenvalue weighted by Crippen LogP contribution is -2.46. The highest BCUT2D eigenvalue weighted by Gasteiger charge is 2.26. The van der Waals surface area contributed by atoms with E-state index in [-0.39, 0.29) is 23.4 Å². The summed E-state index contributed by atoms with van der Waals surface area (Å²) in [5.41, 5.74) is 0.536. The molecule has 1 aliphatic rings. The fourth-order valence-corrected chi connectivity index (χ4v) is 3.74. The Morgan fingerprint density at radius 2 is 1.85 bits per heavy atom. The molecule has 1 fully saturated rings. The number of carbonyl (C=O) groups excluding carboxylic acids is 2. The molecule has 0 unspecified atom stereocenters. The van der Waals surface area contributed by atoms with Crippen LogP contribution >= 0.6 is 23.4 Å². The highest BCUT2D eigenvalue weighted by molar-refractivity contribution is 7.98. The molecule has 1 heterocycles. The van der Waals surface area contributed by atoms with Crippen molar-refractivity contribution in [1.82, 2.24) is 10.2 Å². The Labute approximate surface area is 167 Å². The Kier molecular flexibility index (Phi) is 6.39. The maximum atomic E-state index is 13.8. The average molecular weight is 407 g/mol. The van der Waals surface area contributed by atoms with Crippen LogP contribution in [0.2, 0.25) is 5.02 Å². The first kappa shape index (κ1) is 19.7. The number of hydrogen-bond donors (Lipinski definition) is 1. The summed E-state index contributed by atoms with van der Waals surface area (Å²) < 4.78 is 13.8. The van der Waals surface area contributed by atoms with E-state index in [2.05, 4.69) is 5.32 Å². The van der Waals surface area contributed by atoms with Gasteiger partial charge in [-0.15, -0.1) is 11.8 Å². The third kappa shape index (κ3) is 4.62. The summed E-state index contributed by atoms with van der Waals surface area (Å²) >= 11 is 7.70. The number of nitrogens with zero attached hydrogens (tertiary/aromatic N) is 1. The number of benzene rings is 2. The summed E-state index contributed by atoms with van der Waals surface area (Å²) in [7, 11) is 0. The summed E-state index contributed by atoms with van der Waals surface area (Å²) in [6.45, 7) is 0.938. The van der Waals surface area contributed by atoms with E-state index < -0.39 is 5.82 Å². The lowest BCUT2D eigenvalue weighted by atomic mass is 10.0. The van der Waals surface area contributed by atoms with Gasteiger partial charge in [-0.1, -0.05) is 23.7 Å². The van der Waals surface area contributed by atoms with Crippen molar-refractivity contribution in [2.24, 2.45) is 0 Å². The van der Waals surface area contributed by atoms with E-state index in [0.29, 0.717) is 36.5 Å². The maximum Gasteiger partial charge on any atom is 0.256 e. The van der Waals surface area contributed by atoms with Gasteiger partial charge in [0.2, 0.25) is 0 Å². The fraction of sp³-hybridized carbons (Fsp3) is 0.300. The molecule has 4 nitrogen and oxygen atoms in total. The molecule has 0 aromatic heterocycles. The minimum atomic E-state index is -0.513. The number of rotatable bonds is 4. The van der Waals surface area contributed by atoms with Gasteiger partial charge in [0, 0.05) is 24.0 Å². The van der Waals surface area contributed by atoms with Crippen molar-refractivity contribution in [3.8, 4) is 0 Å². The van der Waals surface area contributed by atoms with Crippen LogP contribution < -0.4 is 5.32 Å². The number of halogens is 2. The van der Waals surface area contributed by atoms with Gasteiger partial charge in [-0.05, 0) is 49.4 Å². The summed E-state index contributed by atoms with van der Waals surface area (Å²) in [4.78, 5) is 27.6. The van der Waals surface area contributed by atoms with E-state index in [0.717, 1.165) is 4.90 Å². The normalized spacial score (nSPS) is 14.9. The number of hydrogen-bond acceptors (Lipinski definition) is 3.